The SMILES string of the molecule is CC(Cc1ccsc1)NC1CCN(c2ccc(C(=O)NC3CCCC3)cc2)CC1. The molecule has 1 aliphatic carbocycles. The number of carbonyl (C=O) groups is 1. The van der Waals surface area contributed by atoms with E-state index < -0.39 is 0 Å². The number of carbonyl (C=O) groups excluding carboxylic acids is 1. The van der Waals surface area contributed by atoms with E-state index in [4.69, 9.17) is 0 Å². The number of thiophene rings is 1. The molecule has 5 heteroatoms. The predicted molar refractivity (Wildman–Crippen MR) is 122 cm³/mol. The van der Waals surface area contributed by atoms with Crippen molar-refractivity contribution in [2.24, 2.45) is 0 Å². The quantitative estimate of drug-likeness (QED) is 0.699. The molecule has 4 rings (SSSR count). The van der Waals surface area contributed by atoms with Gasteiger partial charge in [-0.05, 0) is 85.7 Å². The Morgan fingerprint density at radius 1 is 1.07 bits per heavy atom. The summed E-state index contributed by atoms with van der Waals surface area (Å²) in [6, 6.07) is 11.9. The Labute approximate surface area is 178 Å². The van der Waals surface area contributed by atoms with Gasteiger partial charge in [-0.2, -0.15) is 11.3 Å². The second-order valence-electron chi connectivity index (χ2n) is 8.67. The molecule has 0 radical (unpaired) electrons. The molecule has 2 N–H and O–H groups in total. The van der Waals surface area contributed by atoms with E-state index in [1.807, 2.05) is 12.1 Å². The number of amides is 1. The fraction of sp³-hybridized carbons (Fsp3) is 0.542. The van der Waals surface area contributed by atoms with Crippen LogP contribution in [0.3, 0.4) is 0 Å². The van der Waals surface area contributed by atoms with Crippen LogP contribution in [-0.4, -0.2) is 37.1 Å². The van der Waals surface area contributed by atoms with E-state index in [0.29, 0.717) is 18.1 Å². The Morgan fingerprint density at radius 3 is 2.45 bits per heavy atom. The third-order valence-corrected chi connectivity index (χ3v) is 7.05. The lowest BCUT2D eigenvalue weighted by molar-refractivity contribution is 0.0938. The second-order valence-corrected chi connectivity index (χ2v) is 9.45. The lowest BCUT2D eigenvalue weighted by atomic mass is 10.0. The zero-order chi connectivity index (χ0) is 20.1. The molecule has 2 fully saturated rings. The maximum Gasteiger partial charge on any atom is 0.251 e. The lowest BCUT2D eigenvalue weighted by Crippen LogP contribution is -2.46. The summed E-state index contributed by atoms with van der Waals surface area (Å²) in [6.07, 6.45) is 8.16. The topological polar surface area (TPSA) is 44.4 Å². The highest BCUT2D eigenvalue weighted by molar-refractivity contribution is 7.07. The molecule has 1 atom stereocenters. The Bertz CT molecular complexity index is 760. The standard InChI is InChI=1S/C24H33N3OS/c1-18(16-19-12-15-29-17-19)25-22-10-13-27(14-11-22)23-8-6-20(7-9-23)24(28)26-21-4-2-3-5-21/h6-9,12,15,17-18,21-22,25H,2-5,10-11,13-14,16H2,1H3,(H,26,28). The molecular weight excluding hydrogens is 378 g/mol. The van der Waals surface area contributed by atoms with E-state index in [2.05, 4.69) is 51.4 Å². The van der Waals surface area contributed by atoms with Gasteiger partial charge >= 0.3 is 0 Å². The molecule has 4 nitrogen and oxygen atoms in total. The van der Waals surface area contributed by atoms with Gasteiger partial charge in [0.25, 0.3) is 5.91 Å². The molecule has 1 unspecified atom stereocenters. The number of hydrogen-bond acceptors (Lipinski definition) is 4. The van der Waals surface area contributed by atoms with E-state index >= 15 is 0 Å². The number of anilines is 1. The third kappa shape index (κ3) is 5.61. The maximum absolute atomic E-state index is 12.4. The van der Waals surface area contributed by atoms with E-state index in [-0.39, 0.29) is 5.91 Å². The van der Waals surface area contributed by atoms with Crippen molar-refractivity contribution in [1.82, 2.24) is 10.6 Å². The summed E-state index contributed by atoms with van der Waals surface area (Å²) in [5, 5.41) is 11.4. The van der Waals surface area contributed by atoms with Crippen molar-refractivity contribution in [1.29, 1.82) is 0 Å². The molecule has 1 aromatic carbocycles. The molecule has 2 heterocycles. The van der Waals surface area contributed by atoms with Gasteiger partial charge in [0.15, 0.2) is 0 Å². The first kappa shape index (κ1) is 20.4. The molecule has 1 amide bonds. The van der Waals surface area contributed by atoms with Crippen LogP contribution >= 0.6 is 11.3 Å². The molecule has 1 saturated carbocycles. The minimum Gasteiger partial charge on any atom is -0.371 e. The highest BCUT2D eigenvalue weighted by Gasteiger charge is 2.22. The molecule has 29 heavy (non-hydrogen) atoms. The van der Waals surface area contributed by atoms with Crippen molar-refractivity contribution in [3.63, 3.8) is 0 Å². The number of benzene rings is 1. The van der Waals surface area contributed by atoms with Crippen LogP contribution in [0.1, 0.15) is 61.4 Å². The number of piperidine rings is 1. The van der Waals surface area contributed by atoms with Crippen molar-refractivity contribution in [2.75, 3.05) is 18.0 Å². The van der Waals surface area contributed by atoms with Crippen LogP contribution in [0.25, 0.3) is 0 Å². The Morgan fingerprint density at radius 2 is 1.79 bits per heavy atom. The van der Waals surface area contributed by atoms with Crippen LogP contribution in [0.5, 0.6) is 0 Å². The summed E-state index contributed by atoms with van der Waals surface area (Å²) >= 11 is 1.78. The first-order chi connectivity index (χ1) is 14.2. The van der Waals surface area contributed by atoms with Gasteiger partial charge in [-0.1, -0.05) is 12.8 Å². The Kier molecular flexibility index (Phi) is 6.88. The summed E-state index contributed by atoms with van der Waals surface area (Å²) in [6.45, 7) is 4.42. The normalized spacial score (nSPS) is 19.4. The predicted octanol–water partition coefficient (Wildman–Crippen LogP) is 4.61. The summed E-state index contributed by atoms with van der Waals surface area (Å²) in [5.74, 6) is 0.0750. The fourth-order valence-electron chi connectivity index (χ4n) is 4.69. The van der Waals surface area contributed by atoms with E-state index in [1.165, 1.54) is 24.1 Å². The number of rotatable bonds is 7. The minimum absolute atomic E-state index is 0.0750. The molecular formula is C24H33N3OS. The second kappa shape index (κ2) is 9.77. The molecule has 2 aromatic rings. The summed E-state index contributed by atoms with van der Waals surface area (Å²) in [4.78, 5) is 14.9. The largest absolute Gasteiger partial charge is 0.371 e. The van der Waals surface area contributed by atoms with Crippen LogP contribution < -0.4 is 15.5 Å². The van der Waals surface area contributed by atoms with Gasteiger partial charge in [0, 0.05) is 42.5 Å². The van der Waals surface area contributed by atoms with E-state index in [9.17, 15) is 4.79 Å². The molecule has 156 valence electrons. The average Bonchev–Trinajstić information content (AvgIpc) is 3.43. The Hall–Kier alpha value is -1.85. The van der Waals surface area contributed by atoms with Gasteiger partial charge in [-0.25, -0.2) is 0 Å². The smallest absolute Gasteiger partial charge is 0.251 e. The maximum atomic E-state index is 12.4. The van der Waals surface area contributed by atoms with Crippen molar-refractivity contribution in [2.45, 2.75) is 70.0 Å². The van der Waals surface area contributed by atoms with Crippen LogP contribution in [0.2, 0.25) is 0 Å². The van der Waals surface area contributed by atoms with Gasteiger partial charge in [-0.15, -0.1) is 0 Å². The van der Waals surface area contributed by atoms with Crippen LogP contribution in [-0.2, 0) is 6.42 Å². The molecule has 1 aromatic heterocycles. The van der Waals surface area contributed by atoms with Gasteiger partial charge in [0.05, 0.1) is 0 Å². The zero-order valence-electron chi connectivity index (χ0n) is 17.4. The van der Waals surface area contributed by atoms with E-state index in [1.54, 1.807) is 11.3 Å². The summed E-state index contributed by atoms with van der Waals surface area (Å²) in [5.41, 5.74) is 3.44. The average molecular weight is 412 g/mol. The highest BCUT2D eigenvalue weighted by atomic mass is 32.1. The number of hydrogen-bond donors (Lipinski definition) is 2. The first-order valence-electron chi connectivity index (χ1n) is 11.1. The lowest BCUT2D eigenvalue weighted by Gasteiger charge is -2.35. The molecule has 0 bridgehead atoms. The van der Waals surface area contributed by atoms with Gasteiger partial charge < -0.3 is 15.5 Å². The first-order valence-corrected chi connectivity index (χ1v) is 12.0. The minimum atomic E-state index is 0.0750. The van der Waals surface area contributed by atoms with Gasteiger partial charge in [-0.3, -0.25) is 4.79 Å². The number of nitrogens with one attached hydrogen (secondary N) is 2. The molecule has 0 spiro atoms. The monoisotopic (exact) mass is 411 g/mol. The van der Waals surface area contributed by atoms with Crippen molar-refractivity contribution >= 4 is 22.9 Å². The Balaban J connectivity index is 1.23. The molecule has 1 saturated heterocycles. The van der Waals surface area contributed by atoms with E-state index in [0.717, 1.165) is 50.8 Å². The fourth-order valence-corrected chi connectivity index (χ4v) is 5.37. The summed E-state index contributed by atoms with van der Waals surface area (Å²) < 4.78 is 0. The summed E-state index contributed by atoms with van der Waals surface area (Å²) in [7, 11) is 0. The van der Waals surface area contributed by atoms with Gasteiger partial charge in [0.1, 0.15) is 0 Å². The van der Waals surface area contributed by atoms with Gasteiger partial charge in [0.2, 0.25) is 0 Å². The van der Waals surface area contributed by atoms with Crippen molar-refractivity contribution in [3.05, 3.63) is 52.2 Å². The van der Waals surface area contributed by atoms with Crippen LogP contribution in [0.4, 0.5) is 5.69 Å². The third-order valence-electron chi connectivity index (χ3n) is 6.32. The number of nitrogens with zero attached hydrogens (tertiary/aromatic N) is 1. The van der Waals surface area contributed by atoms with Crippen molar-refractivity contribution < 1.29 is 4.79 Å². The molecule has 2 aliphatic rings. The van der Waals surface area contributed by atoms with Crippen LogP contribution in [0, 0.1) is 0 Å². The molecule has 1 aliphatic heterocycles. The zero-order valence-corrected chi connectivity index (χ0v) is 18.2. The van der Waals surface area contributed by atoms with Crippen molar-refractivity contribution in [3.8, 4) is 0 Å². The van der Waals surface area contributed by atoms with Crippen LogP contribution in [0.15, 0.2) is 41.1 Å². The highest BCUT2D eigenvalue weighted by Crippen LogP contribution is 2.22.